The number of nitrogens with zero attached hydrogens (tertiary/aromatic N) is 10. The number of nitrogens with one attached hydrogen (secondary N) is 3. The van der Waals surface area contributed by atoms with E-state index >= 15 is 0 Å². The van der Waals surface area contributed by atoms with Crippen molar-refractivity contribution in [2.75, 3.05) is 32.7 Å². The summed E-state index contributed by atoms with van der Waals surface area (Å²) in [5.41, 5.74) is 11.5. The van der Waals surface area contributed by atoms with Gasteiger partial charge >= 0.3 is 6.18 Å². The van der Waals surface area contributed by atoms with Gasteiger partial charge in [-0.2, -0.15) is 28.5 Å². The monoisotopic (exact) mass is 1140 g/mol. The fourth-order valence-electron chi connectivity index (χ4n) is 11.8. The number of hydrogen-bond donors (Lipinski definition) is 3. The smallest absolute Gasteiger partial charge is 0.317 e. The Balaban J connectivity index is 0.000000115. The minimum atomic E-state index is -4.49. The van der Waals surface area contributed by atoms with Gasteiger partial charge in [0.25, 0.3) is 0 Å². The summed E-state index contributed by atoms with van der Waals surface area (Å²) in [6.45, 7) is 9.68. The van der Waals surface area contributed by atoms with Crippen LogP contribution in [0.4, 0.5) is 13.2 Å². The SMILES string of the molecule is CC1CC(c2nc3ccc(-c4ccc5nn(C)cc5c4)cc3s2)CCN1.Cc1cc(-c2ccc3nc(C4CCNCC4)sc3c2)cc2cn(C)nc12.Cn1cc2cc(-c3cc4sc(C5CCNCC5)nc4cn3)cc(C(F)(F)F)c2n1. The second-order valence-electron chi connectivity index (χ2n) is 22.1. The molecule has 3 N–H and O–H groups in total. The van der Waals surface area contributed by atoms with Crippen LogP contribution in [0.5, 0.6) is 0 Å². The van der Waals surface area contributed by atoms with E-state index in [1.54, 1.807) is 36.8 Å². The largest absolute Gasteiger partial charge is 0.418 e. The molecule has 15 rings (SSSR count). The van der Waals surface area contributed by atoms with Crippen molar-refractivity contribution in [1.82, 2.24) is 65.2 Å². The van der Waals surface area contributed by atoms with Crippen LogP contribution in [-0.2, 0) is 27.3 Å². The third-order valence-electron chi connectivity index (χ3n) is 16.0. The van der Waals surface area contributed by atoms with Crippen LogP contribution in [0.1, 0.15) is 89.4 Å². The second kappa shape index (κ2) is 22.1. The van der Waals surface area contributed by atoms with Gasteiger partial charge in [-0.1, -0.05) is 18.2 Å². The van der Waals surface area contributed by atoms with Crippen LogP contribution in [0.2, 0.25) is 0 Å². The van der Waals surface area contributed by atoms with Crippen molar-refractivity contribution in [3.8, 4) is 33.5 Å². The number of benzene rings is 5. The van der Waals surface area contributed by atoms with Crippen LogP contribution in [0.15, 0.2) is 110 Å². The molecule has 3 fully saturated rings. The van der Waals surface area contributed by atoms with Crippen LogP contribution in [0, 0.1) is 6.92 Å². The average molecular weight is 1140 g/mol. The van der Waals surface area contributed by atoms with Crippen LogP contribution in [-0.4, -0.2) is 88.0 Å². The molecule has 13 nitrogen and oxygen atoms in total. The van der Waals surface area contributed by atoms with E-state index in [1.165, 1.54) is 88.4 Å². The highest BCUT2D eigenvalue weighted by Crippen LogP contribution is 2.41. The summed E-state index contributed by atoms with van der Waals surface area (Å²) in [5.74, 6) is 1.64. The molecule has 7 aromatic heterocycles. The van der Waals surface area contributed by atoms with Gasteiger partial charge in [0.1, 0.15) is 5.52 Å². The van der Waals surface area contributed by atoms with Crippen LogP contribution in [0.25, 0.3) is 96.9 Å². The van der Waals surface area contributed by atoms with E-state index in [4.69, 9.17) is 15.0 Å². The highest BCUT2D eigenvalue weighted by atomic mass is 32.1. The topological polar surface area (TPSA) is 141 Å². The Hall–Kier alpha value is -7.00. The molecule has 0 bridgehead atoms. The van der Waals surface area contributed by atoms with Crippen molar-refractivity contribution in [1.29, 1.82) is 0 Å². The Morgan fingerprint density at radius 1 is 0.506 bits per heavy atom. The lowest BCUT2D eigenvalue weighted by molar-refractivity contribution is -0.136. The standard InChI is InChI=1S/2C21H22N4S.C20H18F3N5S/c1-13-9-16(7-8-22-13)21-23-19-6-4-15(11-20(19)26-21)14-3-5-18-17(10-14)12-25(2)24-18;1-13-9-16(10-17-12-25(2)24-20(13)17)15-3-4-18-19(11-15)26-21(23-18)14-5-7-22-8-6-14;1-28-10-13-6-12(7-14(18(13)27-28)20(21,22)23)15-8-17-16(9-25-15)26-19(29-17)11-2-4-24-5-3-11/h3-6,10-13,16,22H,7-9H2,1-2H3;3-4,9-12,14,22H,5-8H2,1-2H3;6-11,24H,2-5H2,1H3. The number of halogens is 3. The van der Waals surface area contributed by atoms with Gasteiger partial charge in [0.15, 0.2) is 0 Å². The van der Waals surface area contributed by atoms with Crippen molar-refractivity contribution in [2.24, 2.45) is 21.1 Å². The molecule has 3 saturated heterocycles. The first-order valence-corrected chi connectivity index (χ1v) is 30.3. The predicted molar refractivity (Wildman–Crippen MR) is 325 cm³/mol. The number of piperidine rings is 3. The molecule has 12 aromatic rings. The number of rotatable bonds is 6. The quantitative estimate of drug-likeness (QED) is 0.147. The first-order valence-electron chi connectivity index (χ1n) is 27.9. The van der Waals surface area contributed by atoms with Crippen molar-refractivity contribution in [3.63, 3.8) is 0 Å². The summed E-state index contributed by atoms with van der Waals surface area (Å²) in [4.78, 5) is 19.0. The van der Waals surface area contributed by atoms with Gasteiger partial charge in [-0.05, 0) is 180 Å². The molecule has 2 atom stereocenters. The van der Waals surface area contributed by atoms with Gasteiger partial charge in [0.05, 0.1) is 74.2 Å². The normalized spacial score (nSPS) is 17.6. The first-order chi connectivity index (χ1) is 39.2. The average Bonchev–Trinajstić information content (AvgIpc) is 4.41. The van der Waals surface area contributed by atoms with Crippen molar-refractivity contribution < 1.29 is 13.2 Å². The molecule has 0 saturated carbocycles. The minimum Gasteiger partial charge on any atom is -0.317 e. The number of pyridine rings is 1. The van der Waals surface area contributed by atoms with Crippen LogP contribution >= 0.6 is 34.0 Å². The summed E-state index contributed by atoms with van der Waals surface area (Å²) < 4.78 is 49.5. The van der Waals surface area contributed by atoms with E-state index in [0.29, 0.717) is 40.4 Å². The lowest BCUT2D eigenvalue weighted by Gasteiger charge is -2.26. The maximum absolute atomic E-state index is 13.6. The molecule has 414 valence electrons. The molecule has 3 aliphatic heterocycles. The van der Waals surface area contributed by atoms with Gasteiger partial charge in [-0.15, -0.1) is 34.0 Å². The molecule has 0 radical (unpaired) electrons. The summed E-state index contributed by atoms with van der Waals surface area (Å²) in [5, 5.41) is 29.8. The van der Waals surface area contributed by atoms with E-state index in [9.17, 15) is 13.2 Å². The van der Waals surface area contributed by atoms with E-state index in [1.807, 2.05) is 52.2 Å². The Bertz CT molecular complexity index is 4270. The van der Waals surface area contributed by atoms with Gasteiger partial charge in [-0.25, -0.2) is 15.0 Å². The zero-order valence-electron chi connectivity index (χ0n) is 45.8. The Labute approximate surface area is 478 Å². The molecule has 5 aromatic carbocycles. The molecule has 0 spiro atoms. The Morgan fingerprint density at radius 2 is 1.00 bits per heavy atom. The third-order valence-corrected chi connectivity index (χ3v) is 19.5. The van der Waals surface area contributed by atoms with Gasteiger partial charge < -0.3 is 16.0 Å². The van der Waals surface area contributed by atoms with E-state index in [2.05, 4.69) is 129 Å². The van der Waals surface area contributed by atoms with Crippen LogP contribution in [0.3, 0.4) is 0 Å². The van der Waals surface area contributed by atoms with Gasteiger partial charge in [0.2, 0.25) is 0 Å². The van der Waals surface area contributed by atoms with E-state index in [-0.39, 0.29) is 5.52 Å². The number of aromatic nitrogens is 10. The molecule has 2 unspecified atom stereocenters. The lowest BCUT2D eigenvalue weighted by atomic mass is 9.94. The number of alkyl halides is 3. The molecule has 10 heterocycles. The van der Waals surface area contributed by atoms with Gasteiger partial charge in [0, 0.05) is 85.3 Å². The van der Waals surface area contributed by atoms with Crippen LogP contribution < -0.4 is 16.0 Å². The number of aryl methyl sites for hydroxylation is 4. The molecule has 19 heteroatoms. The zero-order valence-corrected chi connectivity index (χ0v) is 48.3. The number of thiazole rings is 3. The molecule has 81 heavy (non-hydrogen) atoms. The fourth-order valence-corrected chi connectivity index (χ4v) is 15.3. The number of hydrogen-bond acceptors (Lipinski definition) is 13. The lowest BCUT2D eigenvalue weighted by Crippen LogP contribution is -2.34. The number of fused-ring (bicyclic) bond motifs is 6. The summed E-state index contributed by atoms with van der Waals surface area (Å²) in [6.07, 6.45) is 9.79. The first kappa shape index (κ1) is 53.3. The van der Waals surface area contributed by atoms with Crippen molar-refractivity contribution in [2.45, 2.75) is 82.3 Å². The highest BCUT2D eigenvalue weighted by Gasteiger charge is 2.35. The minimum absolute atomic E-state index is 0.0455. The molecule has 3 aliphatic rings. The predicted octanol–water partition coefficient (Wildman–Crippen LogP) is 14.1. The van der Waals surface area contributed by atoms with E-state index < -0.39 is 11.7 Å². The molecule has 0 aliphatic carbocycles. The summed E-state index contributed by atoms with van der Waals surface area (Å²) in [6, 6.07) is 29.6. The fraction of sp³-hybridized carbons (Fsp3) is 0.339. The summed E-state index contributed by atoms with van der Waals surface area (Å²) >= 11 is 5.35. The highest BCUT2D eigenvalue weighted by molar-refractivity contribution is 7.19. The van der Waals surface area contributed by atoms with E-state index in [0.717, 1.165) is 88.9 Å². The molecular formula is C62H62F3N13S3. The maximum Gasteiger partial charge on any atom is 0.418 e. The maximum atomic E-state index is 13.6. The molecular weight excluding hydrogens is 1080 g/mol. The Morgan fingerprint density at radius 3 is 1.63 bits per heavy atom. The zero-order chi connectivity index (χ0) is 55.5. The van der Waals surface area contributed by atoms with Crippen molar-refractivity contribution >= 4 is 97.4 Å². The van der Waals surface area contributed by atoms with Gasteiger partial charge in [-0.3, -0.25) is 19.0 Å². The van der Waals surface area contributed by atoms with Crippen molar-refractivity contribution in [3.05, 3.63) is 136 Å². The Kier molecular flexibility index (Phi) is 14.5. The second-order valence-corrected chi connectivity index (χ2v) is 25.2. The molecule has 0 amide bonds. The summed E-state index contributed by atoms with van der Waals surface area (Å²) in [7, 11) is 5.56. The third kappa shape index (κ3) is 11.2.